The van der Waals surface area contributed by atoms with Gasteiger partial charge >= 0.3 is 0 Å². The molecule has 2 N–H and O–H groups in total. The van der Waals surface area contributed by atoms with Crippen LogP contribution in [0.15, 0.2) is 18.2 Å². The molecule has 0 amide bonds. The minimum absolute atomic E-state index is 0.160. The first-order valence-corrected chi connectivity index (χ1v) is 6.44. The largest absolute Gasteiger partial charge is 0.373 e. The van der Waals surface area contributed by atoms with Crippen molar-refractivity contribution in [1.29, 1.82) is 0 Å². The van der Waals surface area contributed by atoms with Gasteiger partial charge in [0, 0.05) is 37.3 Å². The molecule has 3 nitrogen and oxygen atoms in total. The Hall–Kier alpha value is -0.970. The van der Waals surface area contributed by atoms with Crippen LogP contribution < -0.4 is 5.73 Å². The lowest BCUT2D eigenvalue weighted by atomic mass is 10.1. The Morgan fingerprint density at radius 3 is 2.50 bits per heavy atom. The Labute approximate surface area is 108 Å². The Bertz CT molecular complexity index is 401. The quantitative estimate of drug-likeness (QED) is 0.893. The molecule has 0 spiro atoms. The Morgan fingerprint density at radius 1 is 1.28 bits per heavy atom. The van der Waals surface area contributed by atoms with Gasteiger partial charge in [0.25, 0.3) is 0 Å². The third kappa shape index (κ3) is 3.07. The molecular weight excluding hydrogens is 231 g/mol. The number of nitrogens with two attached hydrogens (primary N) is 1. The molecule has 0 saturated carbocycles. The number of ether oxygens (including phenoxy) is 1. The number of morpholine rings is 1. The molecule has 0 bridgehead atoms. The molecule has 1 aliphatic heterocycles. The third-order valence-corrected chi connectivity index (χ3v) is 3.27. The van der Waals surface area contributed by atoms with Gasteiger partial charge in [-0.15, -0.1) is 0 Å². The maximum absolute atomic E-state index is 14.1. The first-order chi connectivity index (χ1) is 8.60. The zero-order chi connectivity index (χ0) is 13.1. The average molecular weight is 252 g/mol. The molecule has 1 aromatic carbocycles. The number of nitrogens with zero attached hydrogens (tertiary/aromatic N) is 1. The molecule has 0 radical (unpaired) electrons. The fourth-order valence-electron chi connectivity index (χ4n) is 2.57. The van der Waals surface area contributed by atoms with E-state index in [4.69, 9.17) is 10.5 Å². The predicted octanol–water partition coefficient (Wildman–Crippen LogP) is 1.89. The van der Waals surface area contributed by atoms with Crippen LogP contribution in [0.5, 0.6) is 0 Å². The zero-order valence-corrected chi connectivity index (χ0v) is 11.0. The Morgan fingerprint density at radius 2 is 1.89 bits per heavy atom. The van der Waals surface area contributed by atoms with Gasteiger partial charge in [0.1, 0.15) is 5.82 Å². The number of hydrogen-bond acceptors (Lipinski definition) is 3. The van der Waals surface area contributed by atoms with Gasteiger partial charge in [-0.3, -0.25) is 4.90 Å². The molecule has 0 aliphatic carbocycles. The minimum atomic E-state index is -0.160. The van der Waals surface area contributed by atoms with E-state index in [2.05, 4.69) is 18.7 Å². The van der Waals surface area contributed by atoms with Gasteiger partial charge in [0.2, 0.25) is 0 Å². The summed E-state index contributed by atoms with van der Waals surface area (Å²) >= 11 is 0. The highest BCUT2D eigenvalue weighted by atomic mass is 19.1. The lowest BCUT2D eigenvalue weighted by Gasteiger charge is -2.35. The van der Waals surface area contributed by atoms with Crippen LogP contribution in [0, 0.1) is 5.82 Å². The summed E-state index contributed by atoms with van der Waals surface area (Å²) in [6, 6.07) is 5.44. The summed E-state index contributed by atoms with van der Waals surface area (Å²) in [5.41, 5.74) is 6.83. The summed E-state index contributed by atoms with van der Waals surface area (Å²) in [5.74, 6) is -0.160. The van der Waals surface area contributed by atoms with Crippen molar-refractivity contribution >= 4 is 0 Å². The second-order valence-corrected chi connectivity index (χ2v) is 5.05. The molecule has 18 heavy (non-hydrogen) atoms. The van der Waals surface area contributed by atoms with Gasteiger partial charge in [-0.25, -0.2) is 4.39 Å². The summed E-state index contributed by atoms with van der Waals surface area (Å²) in [7, 11) is 0. The fourth-order valence-corrected chi connectivity index (χ4v) is 2.57. The van der Waals surface area contributed by atoms with Crippen LogP contribution in [0.25, 0.3) is 0 Å². The number of benzene rings is 1. The molecule has 4 heteroatoms. The first-order valence-electron chi connectivity index (χ1n) is 6.44. The van der Waals surface area contributed by atoms with E-state index in [1.165, 1.54) is 0 Å². The molecule has 1 aromatic rings. The summed E-state index contributed by atoms with van der Waals surface area (Å²) in [6.07, 6.45) is 0.406. The highest BCUT2D eigenvalue weighted by Crippen LogP contribution is 2.18. The summed E-state index contributed by atoms with van der Waals surface area (Å²) in [5, 5.41) is 0. The second kappa shape index (κ2) is 5.78. The normalized spacial score (nSPS) is 25.3. The molecule has 2 atom stereocenters. The molecule has 1 heterocycles. The Balaban J connectivity index is 2.09. The predicted molar refractivity (Wildman–Crippen MR) is 69.6 cm³/mol. The monoisotopic (exact) mass is 252 g/mol. The van der Waals surface area contributed by atoms with Gasteiger partial charge in [-0.1, -0.05) is 18.2 Å². The van der Waals surface area contributed by atoms with Gasteiger partial charge < -0.3 is 10.5 Å². The van der Waals surface area contributed by atoms with E-state index in [1.54, 1.807) is 6.07 Å². The van der Waals surface area contributed by atoms with E-state index in [-0.39, 0.29) is 24.6 Å². The van der Waals surface area contributed by atoms with Crippen molar-refractivity contribution in [3.63, 3.8) is 0 Å². The van der Waals surface area contributed by atoms with Crippen molar-refractivity contribution in [3.8, 4) is 0 Å². The third-order valence-electron chi connectivity index (χ3n) is 3.27. The topological polar surface area (TPSA) is 38.5 Å². The van der Waals surface area contributed by atoms with Crippen LogP contribution in [-0.2, 0) is 17.8 Å². The van der Waals surface area contributed by atoms with E-state index < -0.39 is 0 Å². The van der Waals surface area contributed by atoms with Crippen LogP contribution >= 0.6 is 0 Å². The van der Waals surface area contributed by atoms with Crippen molar-refractivity contribution in [2.45, 2.75) is 39.1 Å². The van der Waals surface area contributed by atoms with E-state index >= 15 is 0 Å². The van der Waals surface area contributed by atoms with Crippen LogP contribution in [0.4, 0.5) is 4.39 Å². The van der Waals surface area contributed by atoms with Crippen LogP contribution in [-0.4, -0.2) is 30.2 Å². The second-order valence-electron chi connectivity index (χ2n) is 5.05. The lowest BCUT2D eigenvalue weighted by Crippen LogP contribution is -2.44. The van der Waals surface area contributed by atoms with E-state index in [0.717, 1.165) is 18.7 Å². The van der Waals surface area contributed by atoms with Crippen molar-refractivity contribution < 1.29 is 9.13 Å². The minimum Gasteiger partial charge on any atom is -0.373 e. The maximum atomic E-state index is 14.1. The van der Waals surface area contributed by atoms with Crippen molar-refractivity contribution in [3.05, 3.63) is 35.1 Å². The molecule has 1 saturated heterocycles. The van der Waals surface area contributed by atoms with E-state index in [0.29, 0.717) is 12.1 Å². The summed E-state index contributed by atoms with van der Waals surface area (Å²) in [4.78, 5) is 2.23. The molecule has 2 unspecified atom stereocenters. The molecule has 1 aliphatic rings. The van der Waals surface area contributed by atoms with Crippen molar-refractivity contribution in [2.75, 3.05) is 13.1 Å². The lowest BCUT2D eigenvalue weighted by molar-refractivity contribution is -0.0707. The van der Waals surface area contributed by atoms with Crippen LogP contribution in [0.3, 0.4) is 0 Å². The maximum Gasteiger partial charge on any atom is 0.132 e. The molecule has 1 fully saturated rings. The van der Waals surface area contributed by atoms with Crippen molar-refractivity contribution in [1.82, 2.24) is 4.90 Å². The molecular formula is C14H21FN2O. The number of rotatable bonds is 3. The Kier molecular flexibility index (Phi) is 4.32. The highest BCUT2D eigenvalue weighted by Gasteiger charge is 2.23. The summed E-state index contributed by atoms with van der Waals surface area (Å²) < 4.78 is 19.8. The van der Waals surface area contributed by atoms with E-state index in [9.17, 15) is 4.39 Å². The van der Waals surface area contributed by atoms with Crippen LogP contribution in [0.2, 0.25) is 0 Å². The SMILES string of the molecule is CC1CN(Cc2cccc(CN)c2F)CC(C)O1. The number of hydrogen-bond donors (Lipinski definition) is 1. The van der Waals surface area contributed by atoms with Crippen LogP contribution in [0.1, 0.15) is 25.0 Å². The molecule has 0 aromatic heterocycles. The molecule has 2 rings (SSSR count). The zero-order valence-electron chi connectivity index (χ0n) is 11.0. The summed E-state index contributed by atoms with van der Waals surface area (Å²) in [6.45, 7) is 6.66. The van der Waals surface area contributed by atoms with Gasteiger partial charge in [0.05, 0.1) is 12.2 Å². The standard InChI is InChI=1S/C14H21FN2O/c1-10-7-17(8-11(2)18-10)9-13-5-3-4-12(6-16)14(13)15/h3-5,10-11H,6-9,16H2,1-2H3. The first kappa shape index (κ1) is 13.5. The molecule has 100 valence electrons. The highest BCUT2D eigenvalue weighted by molar-refractivity contribution is 5.25. The van der Waals surface area contributed by atoms with Crippen molar-refractivity contribution in [2.24, 2.45) is 5.73 Å². The average Bonchev–Trinajstić information content (AvgIpc) is 2.30. The number of halogens is 1. The van der Waals surface area contributed by atoms with Gasteiger partial charge in [-0.2, -0.15) is 0 Å². The fraction of sp³-hybridized carbons (Fsp3) is 0.571. The van der Waals surface area contributed by atoms with Gasteiger partial charge in [-0.05, 0) is 13.8 Å². The van der Waals surface area contributed by atoms with E-state index in [1.807, 2.05) is 12.1 Å². The van der Waals surface area contributed by atoms with Gasteiger partial charge in [0.15, 0.2) is 0 Å². The smallest absolute Gasteiger partial charge is 0.132 e.